The number of nitrogens with one attached hydrogen (secondary N) is 1. The Morgan fingerprint density at radius 1 is 1.54 bits per heavy atom. The Morgan fingerprint density at radius 3 is 3.00 bits per heavy atom. The van der Waals surface area contributed by atoms with Crippen LogP contribution >= 0.6 is 0 Å². The van der Waals surface area contributed by atoms with E-state index in [0.717, 1.165) is 11.8 Å². The van der Waals surface area contributed by atoms with Gasteiger partial charge >= 0.3 is 0 Å². The lowest BCUT2D eigenvalue weighted by Crippen LogP contribution is -2.27. The normalized spacial score (nSPS) is 41.6. The van der Waals surface area contributed by atoms with Gasteiger partial charge in [0.2, 0.25) is 0 Å². The second kappa shape index (κ2) is 2.25. The molecule has 0 aromatic carbocycles. The van der Waals surface area contributed by atoms with Crippen LogP contribution in [-0.2, 0) is 5.41 Å². The highest BCUT2D eigenvalue weighted by atomic mass is 15.1. The highest BCUT2D eigenvalue weighted by molar-refractivity contribution is 5.27. The summed E-state index contributed by atoms with van der Waals surface area (Å²) in [5.41, 5.74) is 1.64. The molecule has 2 nitrogen and oxygen atoms in total. The van der Waals surface area contributed by atoms with Gasteiger partial charge in [0.1, 0.15) is 0 Å². The monoisotopic (exact) mass is 174 g/mol. The lowest BCUT2D eigenvalue weighted by Gasteiger charge is -2.29. The molecule has 1 N–H and O–H groups in total. The number of rotatable bonds is 1. The lowest BCUT2D eigenvalue weighted by atomic mass is 9.75. The first-order chi connectivity index (χ1) is 6.29. The molecule has 3 unspecified atom stereocenters. The van der Waals surface area contributed by atoms with Crippen LogP contribution in [0.4, 0.5) is 0 Å². The average molecular weight is 174 g/mol. The highest BCUT2D eigenvalue weighted by Gasteiger charge is 2.46. The van der Waals surface area contributed by atoms with E-state index in [1.54, 1.807) is 0 Å². The Morgan fingerprint density at radius 2 is 2.46 bits per heavy atom. The van der Waals surface area contributed by atoms with Gasteiger partial charge in [-0.3, -0.25) is 5.10 Å². The third-order valence-corrected chi connectivity index (χ3v) is 3.79. The van der Waals surface area contributed by atoms with E-state index < -0.39 is 0 Å². The lowest BCUT2D eigenvalue weighted by molar-refractivity contribution is 0.384. The van der Waals surface area contributed by atoms with Crippen LogP contribution < -0.4 is 0 Å². The summed E-state index contributed by atoms with van der Waals surface area (Å²) in [5, 5.41) is 7.17. The molecule has 13 heavy (non-hydrogen) atoms. The van der Waals surface area contributed by atoms with Gasteiger partial charge in [-0.1, -0.05) is 19.1 Å². The zero-order valence-electron chi connectivity index (χ0n) is 7.83. The quantitative estimate of drug-likeness (QED) is 0.650. The number of aromatic nitrogens is 2. The van der Waals surface area contributed by atoms with Crippen LogP contribution in [0.5, 0.6) is 0 Å². The number of aromatic amines is 1. The van der Waals surface area contributed by atoms with Crippen LogP contribution in [-0.4, -0.2) is 10.2 Å². The fourth-order valence-electron chi connectivity index (χ4n) is 2.98. The number of hydrogen-bond donors (Lipinski definition) is 1. The molecule has 68 valence electrons. The summed E-state index contributed by atoms with van der Waals surface area (Å²) in [5.74, 6) is 1.55. The summed E-state index contributed by atoms with van der Waals surface area (Å²) in [6, 6.07) is 2.12. The van der Waals surface area contributed by atoms with Crippen molar-refractivity contribution in [3.63, 3.8) is 0 Å². The molecule has 1 aromatic rings. The summed E-state index contributed by atoms with van der Waals surface area (Å²) in [6.45, 7) is 2.36. The first kappa shape index (κ1) is 7.36. The van der Waals surface area contributed by atoms with E-state index in [9.17, 15) is 0 Å². The fourth-order valence-corrected chi connectivity index (χ4v) is 2.98. The largest absolute Gasteiger partial charge is 0.282 e. The molecule has 0 aliphatic heterocycles. The van der Waals surface area contributed by atoms with Crippen molar-refractivity contribution in [2.75, 3.05) is 0 Å². The molecule has 2 aliphatic rings. The highest BCUT2D eigenvalue weighted by Crippen LogP contribution is 2.52. The molecule has 0 amide bonds. The summed E-state index contributed by atoms with van der Waals surface area (Å²) in [4.78, 5) is 0. The van der Waals surface area contributed by atoms with E-state index in [-0.39, 0.29) is 0 Å². The van der Waals surface area contributed by atoms with Crippen molar-refractivity contribution in [2.45, 2.75) is 25.2 Å². The molecule has 0 radical (unpaired) electrons. The summed E-state index contributed by atoms with van der Waals surface area (Å²) in [6.07, 6.45) is 9.25. The SMILES string of the molecule is CC1(c2ccn[nH]2)CC2C=CC1C2. The topological polar surface area (TPSA) is 28.7 Å². The number of H-pyrrole nitrogens is 1. The maximum absolute atomic E-state index is 4.05. The minimum Gasteiger partial charge on any atom is -0.282 e. The van der Waals surface area contributed by atoms with Crippen molar-refractivity contribution in [3.05, 3.63) is 30.1 Å². The van der Waals surface area contributed by atoms with Gasteiger partial charge in [-0.2, -0.15) is 5.10 Å². The molecule has 2 bridgehead atoms. The van der Waals surface area contributed by atoms with Crippen LogP contribution in [0.1, 0.15) is 25.5 Å². The Hall–Kier alpha value is -1.05. The van der Waals surface area contributed by atoms with Crippen molar-refractivity contribution in [2.24, 2.45) is 11.8 Å². The summed E-state index contributed by atoms with van der Waals surface area (Å²) in [7, 11) is 0. The van der Waals surface area contributed by atoms with E-state index in [2.05, 4.69) is 35.3 Å². The first-order valence-electron chi connectivity index (χ1n) is 4.97. The first-order valence-corrected chi connectivity index (χ1v) is 4.97. The Kier molecular flexibility index (Phi) is 1.27. The van der Waals surface area contributed by atoms with Crippen LogP contribution in [0.15, 0.2) is 24.4 Å². The standard InChI is InChI=1S/C11H14N2/c1-11(10-4-5-12-13-10)7-8-2-3-9(11)6-8/h2-5,8-9H,6-7H2,1H3,(H,12,13). The van der Waals surface area contributed by atoms with Crippen molar-refractivity contribution >= 4 is 0 Å². The average Bonchev–Trinajstić information content (AvgIpc) is 2.79. The van der Waals surface area contributed by atoms with Crippen LogP contribution in [0.25, 0.3) is 0 Å². The molecule has 3 rings (SSSR count). The second-order valence-corrected chi connectivity index (χ2v) is 4.58. The minimum atomic E-state index is 0.329. The van der Waals surface area contributed by atoms with Crippen LogP contribution in [0.2, 0.25) is 0 Å². The fraction of sp³-hybridized carbons (Fsp3) is 0.545. The van der Waals surface area contributed by atoms with Gasteiger partial charge < -0.3 is 0 Å². The number of hydrogen-bond acceptors (Lipinski definition) is 1. The molecule has 3 atom stereocenters. The predicted octanol–water partition coefficient (Wildman–Crippen LogP) is 2.26. The van der Waals surface area contributed by atoms with E-state index in [1.165, 1.54) is 18.5 Å². The maximum atomic E-state index is 4.05. The van der Waals surface area contributed by atoms with Crippen LogP contribution in [0, 0.1) is 11.8 Å². The number of fused-ring (bicyclic) bond motifs is 2. The Bertz CT molecular complexity index is 339. The second-order valence-electron chi connectivity index (χ2n) is 4.58. The van der Waals surface area contributed by atoms with Crippen molar-refractivity contribution in [1.29, 1.82) is 0 Å². The summed E-state index contributed by atoms with van der Waals surface area (Å²) < 4.78 is 0. The zero-order valence-corrected chi connectivity index (χ0v) is 7.83. The molecular formula is C11H14N2. The van der Waals surface area contributed by atoms with Crippen LogP contribution in [0.3, 0.4) is 0 Å². The summed E-state index contributed by atoms with van der Waals surface area (Å²) >= 11 is 0. The van der Waals surface area contributed by atoms with Gasteiger partial charge in [0.15, 0.2) is 0 Å². The third kappa shape index (κ3) is 0.859. The molecule has 0 spiro atoms. The maximum Gasteiger partial charge on any atom is 0.0490 e. The molecule has 0 saturated heterocycles. The van der Waals surface area contributed by atoms with Crippen molar-refractivity contribution in [3.8, 4) is 0 Å². The number of allylic oxidation sites excluding steroid dienone is 2. The van der Waals surface area contributed by atoms with Crippen molar-refractivity contribution < 1.29 is 0 Å². The molecule has 1 fully saturated rings. The molecule has 2 heteroatoms. The van der Waals surface area contributed by atoms with E-state index in [1.807, 2.05) is 6.20 Å². The van der Waals surface area contributed by atoms with Gasteiger partial charge in [-0.05, 0) is 30.7 Å². The van der Waals surface area contributed by atoms with Gasteiger partial charge in [-0.15, -0.1) is 0 Å². The van der Waals surface area contributed by atoms with Gasteiger partial charge in [0.05, 0.1) is 0 Å². The van der Waals surface area contributed by atoms with E-state index in [0.29, 0.717) is 5.41 Å². The zero-order chi connectivity index (χ0) is 8.89. The molecule has 1 aromatic heterocycles. The van der Waals surface area contributed by atoms with Gasteiger partial charge in [0.25, 0.3) is 0 Å². The molecular weight excluding hydrogens is 160 g/mol. The minimum absolute atomic E-state index is 0.329. The number of nitrogens with zero attached hydrogens (tertiary/aromatic N) is 1. The predicted molar refractivity (Wildman–Crippen MR) is 51.3 cm³/mol. The smallest absolute Gasteiger partial charge is 0.0490 e. The van der Waals surface area contributed by atoms with Crippen molar-refractivity contribution in [1.82, 2.24) is 10.2 Å². The Balaban J connectivity index is 2.03. The van der Waals surface area contributed by atoms with E-state index in [4.69, 9.17) is 0 Å². The molecule has 1 heterocycles. The van der Waals surface area contributed by atoms with Gasteiger partial charge in [0, 0.05) is 17.3 Å². The Labute approximate surface area is 78.0 Å². The third-order valence-electron chi connectivity index (χ3n) is 3.79. The van der Waals surface area contributed by atoms with Gasteiger partial charge in [-0.25, -0.2) is 0 Å². The molecule has 1 saturated carbocycles. The van der Waals surface area contributed by atoms with E-state index >= 15 is 0 Å². The molecule has 2 aliphatic carbocycles.